The number of amides is 1. The Hall–Kier alpha value is -2.78. The molecule has 0 aliphatic carbocycles. The predicted octanol–water partition coefficient (Wildman–Crippen LogP) is 1.46. The first-order valence-electron chi connectivity index (χ1n) is 7.51. The predicted molar refractivity (Wildman–Crippen MR) is 92.4 cm³/mol. The van der Waals surface area contributed by atoms with E-state index in [0.29, 0.717) is 5.69 Å². The molecule has 2 aromatic rings. The van der Waals surface area contributed by atoms with E-state index in [-0.39, 0.29) is 16.9 Å². The Balaban J connectivity index is 1.99. The standard InChI is InChI=1S/C17H17FN2O5S/c1-25-17(22)11-19-26(23,24)14-8-6-13(7-9-14)20-16(21)10-12-4-2-3-5-15(12)18/h2-9,19H,10-11H2,1H3,(H,20,21). The number of esters is 1. The number of halogens is 1. The number of benzene rings is 2. The van der Waals surface area contributed by atoms with Gasteiger partial charge in [-0.15, -0.1) is 0 Å². The molecular weight excluding hydrogens is 363 g/mol. The topological polar surface area (TPSA) is 102 Å². The first kappa shape index (κ1) is 19.5. The molecule has 2 aromatic carbocycles. The van der Waals surface area contributed by atoms with Gasteiger partial charge in [-0.05, 0) is 35.9 Å². The summed E-state index contributed by atoms with van der Waals surface area (Å²) < 4.78 is 44.0. The average molecular weight is 380 g/mol. The van der Waals surface area contributed by atoms with Crippen molar-refractivity contribution in [1.82, 2.24) is 4.72 Å². The van der Waals surface area contributed by atoms with Crippen LogP contribution in [0.3, 0.4) is 0 Å². The van der Waals surface area contributed by atoms with Gasteiger partial charge < -0.3 is 10.1 Å². The lowest BCUT2D eigenvalue weighted by atomic mass is 10.1. The molecule has 2 N–H and O–H groups in total. The molecule has 2 rings (SSSR count). The van der Waals surface area contributed by atoms with Gasteiger partial charge in [-0.2, -0.15) is 4.72 Å². The summed E-state index contributed by atoms with van der Waals surface area (Å²) in [7, 11) is -2.73. The maximum absolute atomic E-state index is 13.5. The zero-order valence-electron chi connectivity index (χ0n) is 13.9. The van der Waals surface area contributed by atoms with Crippen LogP contribution in [-0.2, 0) is 30.8 Å². The number of nitrogens with one attached hydrogen (secondary N) is 2. The molecule has 0 radical (unpaired) electrons. The van der Waals surface area contributed by atoms with Gasteiger partial charge >= 0.3 is 5.97 Å². The second-order valence-corrected chi connectivity index (χ2v) is 7.01. The van der Waals surface area contributed by atoms with Gasteiger partial charge in [0.2, 0.25) is 15.9 Å². The summed E-state index contributed by atoms with van der Waals surface area (Å²) in [5, 5.41) is 2.56. The van der Waals surface area contributed by atoms with Crippen molar-refractivity contribution in [2.45, 2.75) is 11.3 Å². The van der Waals surface area contributed by atoms with E-state index in [4.69, 9.17) is 0 Å². The molecule has 0 aliphatic rings. The van der Waals surface area contributed by atoms with Gasteiger partial charge in [-0.3, -0.25) is 9.59 Å². The van der Waals surface area contributed by atoms with Crippen LogP contribution in [-0.4, -0.2) is 33.9 Å². The van der Waals surface area contributed by atoms with E-state index in [9.17, 15) is 22.4 Å². The van der Waals surface area contributed by atoms with E-state index >= 15 is 0 Å². The van der Waals surface area contributed by atoms with Crippen LogP contribution < -0.4 is 10.0 Å². The highest BCUT2D eigenvalue weighted by atomic mass is 32.2. The molecule has 0 aliphatic heterocycles. The SMILES string of the molecule is COC(=O)CNS(=O)(=O)c1ccc(NC(=O)Cc2ccccc2F)cc1. The summed E-state index contributed by atoms with van der Waals surface area (Å²) in [5.41, 5.74) is 0.620. The number of carbonyl (C=O) groups excluding carboxylic acids is 2. The molecule has 9 heteroatoms. The second kappa shape index (κ2) is 8.54. The van der Waals surface area contributed by atoms with Crippen molar-refractivity contribution in [3.05, 3.63) is 59.9 Å². The molecule has 0 unspecified atom stereocenters. The third-order valence-electron chi connectivity index (χ3n) is 3.39. The molecule has 0 saturated carbocycles. The number of ether oxygens (including phenoxy) is 1. The monoisotopic (exact) mass is 380 g/mol. The first-order valence-corrected chi connectivity index (χ1v) is 9.00. The van der Waals surface area contributed by atoms with Gasteiger partial charge in [0.25, 0.3) is 0 Å². The Kier molecular flexibility index (Phi) is 6.42. The van der Waals surface area contributed by atoms with Gasteiger partial charge in [-0.1, -0.05) is 18.2 Å². The van der Waals surface area contributed by atoms with Crippen molar-refractivity contribution in [2.24, 2.45) is 0 Å². The molecule has 0 heterocycles. The third kappa shape index (κ3) is 5.36. The average Bonchev–Trinajstić information content (AvgIpc) is 2.62. The van der Waals surface area contributed by atoms with Crippen molar-refractivity contribution in [2.75, 3.05) is 19.0 Å². The van der Waals surface area contributed by atoms with Crippen molar-refractivity contribution in [1.29, 1.82) is 0 Å². The van der Waals surface area contributed by atoms with E-state index in [1.807, 2.05) is 0 Å². The smallest absolute Gasteiger partial charge is 0.320 e. The Labute approximate surface area is 150 Å². The summed E-state index contributed by atoms with van der Waals surface area (Å²) in [6.45, 7) is -0.486. The van der Waals surface area contributed by atoms with Gasteiger partial charge in [-0.25, -0.2) is 12.8 Å². The summed E-state index contributed by atoms with van der Waals surface area (Å²) in [4.78, 5) is 22.9. The lowest BCUT2D eigenvalue weighted by Gasteiger charge is -2.08. The van der Waals surface area contributed by atoms with Crippen LogP contribution in [0.4, 0.5) is 10.1 Å². The van der Waals surface area contributed by atoms with Crippen molar-refractivity contribution in [3.63, 3.8) is 0 Å². The Morgan fingerprint density at radius 1 is 1.08 bits per heavy atom. The highest BCUT2D eigenvalue weighted by Crippen LogP contribution is 2.15. The zero-order valence-corrected chi connectivity index (χ0v) is 14.7. The minimum Gasteiger partial charge on any atom is -0.468 e. The molecule has 0 aromatic heterocycles. The number of methoxy groups -OCH3 is 1. The van der Waals surface area contributed by atoms with E-state index in [0.717, 1.165) is 7.11 Å². The molecule has 0 bridgehead atoms. The molecule has 26 heavy (non-hydrogen) atoms. The number of rotatable bonds is 7. The molecule has 0 saturated heterocycles. The van der Waals surface area contributed by atoms with Crippen LogP contribution in [0.2, 0.25) is 0 Å². The number of sulfonamides is 1. The zero-order chi connectivity index (χ0) is 19.2. The van der Waals surface area contributed by atoms with Crippen LogP contribution in [0.25, 0.3) is 0 Å². The summed E-state index contributed by atoms with van der Waals surface area (Å²) >= 11 is 0. The largest absolute Gasteiger partial charge is 0.468 e. The van der Waals surface area contributed by atoms with Crippen LogP contribution in [0.5, 0.6) is 0 Å². The van der Waals surface area contributed by atoms with Crippen LogP contribution in [0, 0.1) is 5.82 Å². The minimum atomic E-state index is -3.88. The Bertz CT molecular complexity index is 898. The van der Waals surface area contributed by atoms with Gasteiger partial charge in [0.15, 0.2) is 0 Å². The molecule has 1 amide bonds. The maximum atomic E-state index is 13.5. The minimum absolute atomic E-state index is 0.0755. The Morgan fingerprint density at radius 2 is 1.73 bits per heavy atom. The fourth-order valence-electron chi connectivity index (χ4n) is 2.05. The second-order valence-electron chi connectivity index (χ2n) is 5.24. The quantitative estimate of drug-likeness (QED) is 0.708. The van der Waals surface area contributed by atoms with Gasteiger partial charge in [0, 0.05) is 5.69 Å². The third-order valence-corrected chi connectivity index (χ3v) is 4.81. The van der Waals surface area contributed by atoms with Gasteiger partial charge in [0.1, 0.15) is 12.4 Å². The Morgan fingerprint density at radius 3 is 2.35 bits per heavy atom. The molecule has 0 fully saturated rings. The molecule has 0 atom stereocenters. The van der Waals surface area contributed by atoms with Gasteiger partial charge in [0.05, 0.1) is 18.4 Å². The summed E-state index contributed by atoms with van der Waals surface area (Å²) in [6, 6.07) is 11.3. The molecule has 0 spiro atoms. The number of hydrogen-bond acceptors (Lipinski definition) is 5. The van der Waals surface area contributed by atoms with Crippen molar-refractivity contribution >= 4 is 27.6 Å². The summed E-state index contributed by atoms with van der Waals surface area (Å²) in [6.07, 6.45) is -0.145. The molecular formula is C17H17FN2O5S. The van der Waals surface area contributed by atoms with Crippen molar-refractivity contribution in [3.8, 4) is 0 Å². The number of carbonyl (C=O) groups is 2. The number of anilines is 1. The number of hydrogen-bond donors (Lipinski definition) is 2. The molecule has 7 nitrogen and oxygen atoms in total. The van der Waals surface area contributed by atoms with Crippen LogP contribution in [0.15, 0.2) is 53.4 Å². The van der Waals surface area contributed by atoms with Crippen LogP contribution in [0.1, 0.15) is 5.56 Å². The lowest BCUT2D eigenvalue weighted by Crippen LogP contribution is -2.30. The fourth-order valence-corrected chi connectivity index (χ4v) is 3.02. The lowest BCUT2D eigenvalue weighted by molar-refractivity contribution is -0.139. The highest BCUT2D eigenvalue weighted by Gasteiger charge is 2.16. The fraction of sp³-hybridized carbons (Fsp3) is 0.176. The van der Waals surface area contributed by atoms with E-state index in [2.05, 4.69) is 14.8 Å². The molecule has 138 valence electrons. The van der Waals surface area contributed by atoms with E-state index < -0.39 is 34.3 Å². The summed E-state index contributed by atoms with van der Waals surface area (Å²) in [5.74, 6) is -1.62. The van der Waals surface area contributed by atoms with Crippen molar-refractivity contribution < 1.29 is 27.1 Å². The normalized spacial score (nSPS) is 11.0. The van der Waals surface area contributed by atoms with Crippen LogP contribution >= 0.6 is 0 Å². The highest BCUT2D eigenvalue weighted by molar-refractivity contribution is 7.89. The maximum Gasteiger partial charge on any atom is 0.320 e. The van der Waals surface area contributed by atoms with E-state index in [1.165, 1.54) is 42.5 Å². The van der Waals surface area contributed by atoms with E-state index in [1.54, 1.807) is 6.07 Å². The first-order chi connectivity index (χ1) is 12.3.